The Balaban J connectivity index is 1.63. The van der Waals surface area contributed by atoms with E-state index in [0.717, 1.165) is 4.57 Å². The van der Waals surface area contributed by atoms with Gasteiger partial charge in [0.1, 0.15) is 28.7 Å². The van der Waals surface area contributed by atoms with Gasteiger partial charge in [0.05, 0.1) is 24.9 Å². The second-order valence-corrected chi connectivity index (χ2v) is 9.35. The van der Waals surface area contributed by atoms with Gasteiger partial charge in [-0.2, -0.15) is 10.1 Å². The molecule has 0 spiro atoms. The van der Waals surface area contributed by atoms with E-state index in [1.54, 1.807) is 37.5 Å². The summed E-state index contributed by atoms with van der Waals surface area (Å²) in [5, 5.41) is 15.4. The molecule has 0 bridgehead atoms. The number of nitrogens with zero attached hydrogens (tertiary/aromatic N) is 6. The fourth-order valence-corrected chi connectivity index (χ4v) is 4.86. The molecular formula is C26H24ClFN6O5. The Morgan fingerprint density at radius 2 is 1.92 bits per heavy atom. The molecule has 1 N–H and O–H groups in total. The molecule has 4 aromatic rings. The van der Waals surface area contributed by atoms with Gasteiger partial charge in [-0.25, -0.2) is 4.39 Å². The number of hydrogen-bond donors (Lipinski definition) is 1. The van der Waals surface area contributed by atoms with Crippen LogP contribution in [0.2, 0.25) is 5.02 Å². The zero-order chi connectivity index (χ0) is 27.8. The molecule has 13 heteroatoms. The van der Waals surface area contributed by atoms with Crippen molar-refractivity contribution in [1.82, 2.24) is 29.2 Å². The van der Waals surface area contributed by atoms with E-state index in [1.807, 2.05) is 0 Å². The number of likely N-dealkylation sites (tertiary alicyclic amines) is 1. The molecule has 1 fully saturated rings. The molecule has 1 saturated heterocycles. The van der Waals surface area contributed by atoms with Crippen molar-refractivity contribution in [3.8, 4) is 34.6 Å². The summed E-state index contributed by atoms with van der Waals surface area (Å²) in [6.45, 7) is 0.301. The maximum atomic E-state index is 14.5. The number of para-hydroxylation sites is 1. The molecule has 0 saturated carbocycles. The molecule has 3 aromatic heterocycles. The van der Waals surface area contributed by atoms with Gasteiger partial charge in [-0.3, -0.25) is 23.8 Å². The number of aryl methyl sites for hydroxylation is 1. The number of amides is 1. The van der Waals surface area contributed by atoms with Crippen molar-refractivity contribution in [3.05, 3.63) is 75.2 Å². The predicted octanol–water partition coefficient (Wildman–Crippen LogP) is 3.17. The minimum atomic E-state index is -0.852. The Kier molecular flexibility index (Phi) is 6.96. The van der Waals surface area contributed by atoms with Crippen LogP contribution in [0.5, 0.6) is 17.4 Å². The van der Waals surface area contributed by atoms with Gasteiger partial charge in [0, 0.05) is 38.4 Å². The molecule has 1 unspecified atom stereocenters. The van der Waals surface area contributed by atoms with Crippen molar-refractivity contribution in [2.24, 2.45) is 7.05 Å². The van der Waals surface area contributed by atoms with Crippen LogP contribution in [0.15, 0.2) is 47.5 Å². The first-order valence-electron chi connectivity index (χ1n) is 11.9. The van der Waals surface area contributed by atoms with Crippen LogP contribution >= 0.6 is 11.6 Å². The summed E-state index contributed by atoms with van der Waals surface area (Å²) < 4.78 is 28.1. The highest BCUT2D eigenvalue weighted by molar-refractivity contribution is 6.30. The van der Waals surface area contributed by atoms with Crippen molar-refractivity contribution in [2.75, 3.05) is 27.3 Å². The zero-order valence-electron chi connectivity index (χ0n) is 21.3. The molecular weight excluding hydrogens is 531 g/mol. The largest absolute Gasteiger partial charge is 0.494 e. The van der Waals surface area contributed by atoms with Crippen molar-refractivity contribution in [3.63, 3.8) is 0 Å². The lowest BCUT2D eigenvalue weighted by Crippen LogP contribution is -2.36. The summed E-state index contributed by atoms with van der Waals surface area (Å²) in [6, 6.07) is 7.71. The maximum Gasteiger partial charge on any atom is 0.275 e. The molecule has 11 nitrogen and oxygen atoms in total. The maximum absolute atomic E-state index is 14.5. The minimum absolute atomic E-state index is 0.0239. The monoisotopic (exact) mass is 554 g/mol. The van der Waals surface area contributed by atoms with Crippen LogP contribution in [0.1, 0.15) is 28.4 Å². The third kappa shape index (κ3) is 4.67. The van der Waals surface area contributed by atoms with Gasteiger partial charge >= 0.3 is 0 Å². The summed E-state index contributed by atoms with van der Waals surface area (Å²) >= 11 is 5.82. The number of halogens is 2. The average molecular weight is 555 g/mol. The zero-order valence-corrected chi connectivity index (χ0v) is 22.0. The van der Waals surface area contributed by atoms with E-state index >= 15 is 0 Å². The normalized spacial score (nSPS) is 15.0. The molecule has 0 radical (unpaired) electrons. The van der Waals surface area contributed by atoms with Crippen molar-refractivity contribution in [2.45, 2.75) is 12.3 Å². The summed E-state index contributed by atoms with van der Waals surface area (Å²) in [5.41, 5.74) is -0.773. The second-order valence-electron chi connectivity index (χ2n) is 8.92. The first-order valence-corrected chi connectivity index (χ1v) is 12.3. The summed E-state index contributed by atoms with van der Waals surface area (Å²) in [4.78, 5) is 37.4. The molecule has 1 aliphatic heterocycles. The number of carbonyl (C=O) groups is 1. The van der Waals surface area contributed by atoms with Crippen LogP contribution < -0.4 is 15.0 Å². The summed E-state index contributed by atoms with van der Waals surface area (Å²) in [5.74, 6) is -1.98. The summed E-state index contributed by atoms with van der Waals surface area (Å²) in [7, 11) is 4.55. The first kappa shape index (κ1) is 26.2. The third-order valence-corrected chi connectivity index (χ3v) is 6.75. The number of carbonyl (C=O) groups excluding carboxylic acids is 1. The van der Waals surface area contributed by atoms with Crippen molar-refractivity contribution < 1.29 is 23.8 Å². The van der Waals surface area contributed by atoms with Crippen molar-refractivity contribution in [1.29, 1.82) is 0 Å². The van der Waals surface area contributed by atoms with Crippen LogP contribution in [0.4, 0.5) is 4.39 Å². The molecule has 1 aromatic carbocycles. The highest BCUT2D eigenvalue weighted by Gasteiger charge is 2.35. The fourth-order valence-electron chi connectivity index (χ4n) is 4.71. The standard InChI is InChI=1S/C26H24ClFN6O5/c1-32-9-8-17(31-32)23-30-24(35)20(26(37)34(23)22-18(38-2)5-4-6-19(22)39-3)25(36)33-10-7-14(13-33)21-16(28)11-15(27)12-29-21/h4-6,8-9,11-12,14,35H,7,10,13H2,1-3H3. The van der Waals surface area contributed by atoms with E-state index < -0.39 is 34.6 Å². The number of hydrogen-bond acceptors (Lipinski definition) is 8. The predicted molar refractivity (Wildman–Crippen MR) is 139 cm³/mol. The van der Waals surface area contributed by atoms with Gasteiger partial charge < -0.3 is 19.5 Å². The number of benzene rings is 1. The Morgan fingerprint density at radius 3 is 2.54 bits per heavy atom. The smallest absolute Gasteiger partial charge is 0.275 e. The third-order valence-electron chi connectivity index (χ3n) is 6.54. The van der Waals surface area contributed by atoms with Crippen molar-refractivity contribution >= 4 is 17.5 Å². The van der Waals surface area contributed by atoms with Gasteiger partial charge in [-0.1, -0.05) is 17.7 Å². The highest BCUT2D eigenvalue weighted by atomic mass is 35.5. The lowest BCUT2D eigenvalue weighted by molar-refractivity contribution is 0.0784. The van der Waals surface area contributed by atoms with E-state index in [0.29, 0.717) is 6.42 Å². The van der Waals surface area contributed by atoms with Crippen LogP contribution in [0.3, 0.4) is 0 Å². The lowest BCUT2D eigenvalue weighted by atomic mass is 10.0. The van der Waals surface area contributed by atoms with Crippen LogP contribution in [0.25, 0.3) is 17.2 Å². The first-order chi connectivity index (χ1) is 18.7. The molecule has 0 aliphatic carbocycles. The Labute approximate surface area is 227 Å². The highest BCUT2D eigenvalue weighted by Crippen LogP contribution is 2.35. The van der Waals surface area contributed by atoms with E-state index in [9.17, 15) is 19.1 Å². The van der Waals surface area contributed by atoms with Gasteiger partial charge in [0.2, 0.25) is 5.88 Å². The number of ether oxygens (including phenoxy) is 2. The van der Waals surface area contributed by atoms with Crippen LogP contribution in [0, 0.1) is 5.82 Å². The van der Waals surface area contributed by atoms with E-state index in [1.165, 1.54) is 36.1 Å². The van der Waals surface area contributed by atoms with E-state index in [4.69, 9.17) is 21.1 Å². The van der Waals surface area contributed by atoms with Gasteiger partial charge in [0.25, 0.3) is 11.5 Å². The molecule has 5 rings (SSSR count). The van der Waals surface area contributed by atoms with E-state index in [2.05, 4.69) is 15.1 Å². The molecule has 202 valence electrons. The van der Waals surface area contributed by atoms with Gasteiger partial charge in [-0.15, -0.1) is 0 Å². The topological polar surface area (TPSA) is 125 Å². The number of aromatic hydroxyl groups is 1. The van der Waals surface area contributed by atoms with Crippen LogP contribution in [-0.4, -0.2) is 67.5 Å². The molecule has 1 atom stereocenters. The summed E-state index contributed by atoms with van der Waals surface area (Å²) in [6.07, 6.45) is 3.40. The second kappa shape index (κ2) is 10.4. The molecule has 4 heterocycles. The van der Waals surface area contributed by atoms with Crippen LogP contribution in [-0.2, 0) is 7.05 Å². The average Bonchev–Trinajstić information content (AvgIpc) is 3.57. The Hall–Kier alpha value is -4.45. The number of aromatic nitrogens is 5. The minimum Gasteiger partial charge on any atom is -0.494 e. The van der Waals surface area contributed by atoms with Gasteiger partial charge in [-0.05, 0) is 30.7 Å². The number of rotatable bonds is 6. The lowest BCUT2D eigenvalue weighted by Gasteiger charge is -2.20. The SMILES string of the molecule is COc1cccc(OC)c1-n1c(-c2ccn(C)n2)nc(O)c(C(=O)N2CCC(c3ncc(Cl)cc3F)C2)c1=O. The fraction of sp³-hybridized carbons (Fsp3) is 0.269. The molecule has 1 aliphatic rings. The Bertz CT molecular complexity index is 1620. The Morgan fingerprint density at radius 1 is 1.21 bits per heavy atom. The number of methoxy groups -OCH3 is 2. The molecule has 39 heavy (non-hydrogen) atoms. The molecule has 1 amide bonds. The van der Waals surface area contributed by atoms with Gasteiger partial charge in [0.15, 0.2) is 11.4 Å². The van der Waals surface area contributed by atoms with E-state index in [-0.39, 0.29) is 52.5 Å². The quantitative estimate of drug-likeness (QED) is 0.385. The number of pyridine rings is 1.